The molecule has 0 radical (unpaired) electrons. The molecule has 1 unspecified atom stereocenters. The fraction of sp³-hybridized carbons (Fsp3) is 0.333. The highest BCUT2D eigenvalue weighted by Gasteiger charge is 2.27. The lowest BCUT2D eigenvalue weighted by Crippen LogP contribution is -2.24. The Balaban J connectivity index is 2.33. The van der Waals surface area contributed by atoms with Gasteiger partial charge in [-0.2, -0.15) is 0 Å². The summed E-state index contributed by atoms with van der Waals surface area (Å²) in [6, 6.07) is 6.70. The van der Waals surface area contributed by atoms with Crippen LogP contribution in [0.15, 0.2) is 29.6 Å². The number of aryl methyl sites for hydroxylation is 2. The van der Waals surface area contributed by atoms with Gasteiger partial charge in [-0.25, -0.2) is 4.39 Å². The Labute approximate surface area is 111 Å². The van der Waals surface area contributed by atoms with Crippen molar-refractivity contribution < 1.29 is 9.50 Å². The number of benzene rings is 1. The molecule has 18 heavy (non-hydrogen) atoms. The molecule has 0 aliphatic heterocycles. The van der Waals surface area contributed by atoms with E-state index in [1.807, 2.05) is 25.3 Å². The molecule has 0 saturated heterocycles. The third-order valence-electron chi connectivity index (χ3n) is 3.20. The normalized spacial score (nSPS) is 14.5. The fourth-order valence-corrected chi connectivity index (χ4v) is 3.19. The predicted octanol–water partition coefficient (Wildman–Crippen LogP) is 3.95. The van der Waals surface area contributed by atoms with E-state index in [-0.39, 0.29) is 5.82 Å². The van der Waals surface area contributed by atoms with Gasteiger partial charge in [0.2, 0.25) is 0 Å². The van der Waals surface area contributed by atoms with Gasteiger partial charge in [0.15, 0.2) is 0 Å². The Bertz CT molecular complexity index is 557. The van der Waals surface area contributed by atoms with Gasteiger partial charge in [0.05, 0.1) is 0 Å². The lowest BCUT2D eigenvalue weighted by molar-refractivity contribution is 0.0607. The van der Waals surface area contributed by atoms with Crippen LogP contribution < -0.4 is 0 Å². The molecule has 1 N–H and O–H groups in total. The molecule has 1 aromatic carbocycles. The number of rotatable bonds is 3. The highest BCUT2D eigenvalue weighted by molar-refractivity contribution is 7.10. The summed E-state index contributed by atoms with van der Waals surface area (Å²) in [7, 11) is 0. The lowest BCUT2D eigenvalue weighted by atomic mass is 9.91. The van der Waals surface area contributed by atoms with Crippen LogP contribution >= 0.6 is 11.3 Å². The van der Waals surface area contributed by atoms with Gasteiger partial charge in [0.25, 0.3) is 0 Å². The first-order valence-electron chi connectivity index (χ1n) is 5.92. The third-order valence-corrected chi connectivity index (χ3v) is 4.47. The monoisotopic (exact) mass is 264 g/mol. The largest absolute Gasteiger partial charge is 0.384 e. The van der Waals surface area contributed by atoms with Crippen LogP contribution in [-0.4, -0.2) is 5.11 Å². The molecule has 2 aromatic rings. The summed E-state index contributed by atoms with van der Waals surface area (Å²) in [6.45, 7) is 5.71. The molecule has 0 saturated carbocycles. The quantitative estimate of drug-likeness (QED) is 0.890. The molecule has 0 fully saturated rings. The second-order valence-corrected chi connectivity index (χ2v) is 5.87. The number of hydrogen-bond donors (Lipinski definition) is 1. The zero-order chi connectivity index (χ0) is 13.3. The number of halogens is 1. The zero-order valence-electron chi connectivity index (χ0n) is 10.8. The topological polar surface area (TPSA) is 20.2 Å². The summed E-state index contributed by atoms with van der Waals surface area (Å²) in [6.07, 6.45) is 0.429. The maximum absolute atomic E-state index is 13.3. The molecule has 2 rings (SSSR count). The zero-order valence-corrected chi connectivity index (χ0v) is 11.6. The average Bonchev–Trinajstić information content (AvgIpc) is 2.70. The lowest BCUT2D eigenvalue weighted by Gasteiger charge is -2.24. The summed E-state index contributed by atoms with van der Waals surface area (Å²) in [5.41, 5.74) is 1.99. The van der Waals surface area contributed by atoms with Gasteiger partial charge < -0.3 is 5.11 Å². The van der Waals surface area contributed by atoms with E-state index >= 15 is 0 Å². The Morgan fingerprint density at radius 2 is 1.94 bits per heavy atom. The van der Waals surface area contributed by atoms with Gasteiger partial charge in [-0.1, -0.05) is 6.07 Å². The van der Waals surface area contributed by atoms with Crippen LogP contribution in [0.3, 0.4) is 0 Å². The van der Waals surface area contributed by atoms with Crippen LogP contribution in [0, 0.1) is 19.7 Å². The molecule has 0 spiro atoms. The molecule has 0 bridgehead atoms. The van der Waals surface area contributed by atoms with E-state index in [1.54, 1.807) is 24.3 Å². The minimum absolute atomic E-state index is 0.255. The first-order chi connectivity index (χ1) is 8.40. The molecule has 0 aliphatic carbocycles. The van der Waals surface area contributed by atoms with Gasteiger partial charge in [-0.15, -0.1) is 11.3 Å². The van der Waals surface area contributed by atoms with Crippen molar-refractivity contribution in [2.45, 2.75) is 32.8 Å². The molecule has 1 atom stereocenters. The fourth-order valence-electron chi connectivity index (χ4n) is 2.21. The Morgan fingerprint density at radius 1 is 1.22 bits per heavy atom. The summed E-state index contributed by atoms with van der Waals surface area (Å²) in [5.74, 6) is -0.255. The molecule has 1 aromatic heterocycles. The highest BCUT2D eigenvalue weighted by atomic mass is 32.1. The van der Waals surface area contributed by atoms with E-state index in [9.17, 15) is 9.50 Å². The van der Waals surface area contributed by atoms with Crippen molar-refractivity contribution in [3.05, 3.63) is 57.0 Å². The first kappa shape index (κ1) is 13.2. The SMILES string of the molecule is Cc1ccc(F)cc1CC(C)(O)c1sccc1C. The van der Waals surface area contributed by atoms with Crippen molar-refractivity contribution in [1.82, 2.24) is 0 Å². The first-order valence-corrected chi connectivity index (χ1v) is 6.80. The van der Waals surface area contributed by atoms with Gasteiger partial charge >= 0.3 is 0 Å². The van der Waals surface area contributed by atoms with Crippen molar-refractivity contribution >= 4 is 11.3 Å². The highest BCUT2D eigenvalue weighted by Crippen LogP contribution is 2.32. The summed E-state index contributed by atoms with van der Waals surface area (Å²) in [5, 5.41) is 12.6. The Hall–Kier alpha value is -1.19. The van der Waals surface area contributed by atoms with E-state index in [2.05, 4.69) is 0 Å². The number of hydrogen-bond acceptors (Lipinski definition) is 2. The molecule has 0 aliphatic rings. The number of thiophene rings is 1. The standard InChI is InChI=1S/C15H17FOS/c1-10-4-5-13(16)8-12(10)9-15(3,17)14-11(2)6-7-18-14/h4-8,17H,9H2,1-3H3. The van der Waals surface area contributed by atoms with Gasteiger partial charge in [0, 0.05) is 11.3 Å². The van der Waals surface area contributed by atoms with Crippen molar-refractivity contribution in [2.75, 3.05) is 0 Å². The molecule has 0 amide bonds. The van der Waals surface area contributed by atoms with Gasteiger partial charge in [-0.05, 0) is 61.0 Å². The Kier molecular flexibility index (Phi) is 3.55. The minimum atomic E-state index is -0.948. The third kappa shape index (κ3) is 2.62. The maximum Gasteiger partial charge on any atom is 0.123 e. The average molecular weight is 264 g/mol. The van der Waals surface area contributed by atoms with Gasteiger partial charge in [-0.3, -0.25) is 0 Å². The Morgan fingerprint density at radius 3 is 2.56 bits per heavy atom. The molecular weight excluding hydrogens is 247 g/mol. The molecular formula is C15H17FOS. The van der Waals surface area contributed by atoms with Crippen molar-refractivity contribution in [2.24, 2.45) is 0 Å². The van der Waals surface area contributed by atoms with Crippen LogP contribution in [0.1, 0.15) is 28.5 Å². The second kappa shape index (κ2) is 4.82. The smallest absolute Gasteiger partial charge is 0.123 e. The number of aliphatic hydroxyl groups is 1. The van der Waals surface area contributed by atoms with Crippen LogP contribution in [0.4, 0.5) is 4.39 Å². The van der Waals surface area contributed by atoms with Crippen LogP contribution in [0.25, 0.3) is 0 Å². The predicted molar refractivity (Wildman–Crippen MR) is 73.5 cm³/mol. The van der Waals surface area contributed by atoms with E-state index in [0.29, 0.717) is 6.42 Å². The second-order valence-electron chi connectivity index (χ2n) is 4.95. The van der Waals surface area contributed by atoms with Crippen molar-refractivity contribution in [1.29, 1.82) is 0 Å². The minimum Gasteiger partial charge on any atom is -0.384 e. The molecule has 1 heterocycles. The van der Waals surface area contributed by atoms with Crippen LogP contribution in [-0.2, 0) is 12.0 Å². The van der Waals surface area contributed by atoms with Crippen molar-refractivity contribution in [3.8, 4) is 0 Å². The van der Waals surface area contributed by atoms with Crippen LogP contribution in [0.5, 0.6) is 0 Å². The molecule has 3 heteroatoms. The summed E-state index contributed by atoms with van der Waals surface area (Å²) in [4.78, 5) is 0.950. The summed E-state index contributed by atoms with van der Waals surface area (Å²) < 4.78 is 13.3. The van der Waals surface area contributed by atoms with E-state index < -0.39 is 5.60 Å². The van der Waals surface area contributed by atoms with Gasteiger partial charge in [0.1, 0.15) is 11.4 Å². The van der Waals surface area contributed by atoms with Crippen LogP contribution in [0.2, 0.25) is 0 Å². The van der Waals surface area contributed by atoms with Crippen molar-refractivity contribution in [3.63, 3.8) is 0 Å². The molecule has 1 nitrogen and oxygen atoms in total. The van der Waals surface area contributed by atoms with E-state index in [0.717, 1.165) is 21.6 Å². The van der Waals surface area contributed by atoms with E-state index in [4.69, 9.17) is 0 Å². The maximum atomic E-state index is 13.3. The van der Waals surface area contributed by atoms with E-state index in [1.165, 1.54) is 12.1 Å². The summed E-state index contributed by atoms with van der Waals surface area (Å²) >= 11 is 1.54. The molecule has 96 valence electrons.